The molecule has 138 valence electrons. The zero-order valence-electron chi connectivity index (χ0n) is 15.3. The minimum atomic E-state index is -0.347. The third-order valence-electron chi connectivity index (χ3n) is 4.65. The molecule has 0 spiro atoms. The number of nitrogens with one attached hydrogen (secondary N) is 1. The summed E-state index contributed by atoms with van der Waals surface area (Å²) in [5.41, 5.74) is 3.94. The number of pyridine rings is 1. The average molecular weight is 372 g/mol. The molecule has 5 aromatic rings. The van der Waals surface area contributed by atoms with E-state index in [-0.39, 0.29) is 17.0 Å². The van der Waals surface area contributed by atoms with E-state index in [2.05, 4.69) is 25.4 Å². The summed E-state index contributed by atoms with van der Waals surface area (Å²) in [6.07, 6.45) is 2.37. The highest BCUT2D eigenvalue weighted by Gasteiger charge is 2.19. The number of aromatic nitrogens is 8. The van der Waals surface area contributed by atoms with E-state index in [0.717, 1.165) is 23.2 Å². The van der Waals surface area contributed by atoms with Crippen LogP contribution < -0.4 is 5.56 Å². The monoisotopic (exact) mass is 372 g/mol. The smallest absolute Gasteiger partial charge is 0.266 e. The van der Waals surface area contributed by atoms with Gasteiger partial charge in [-0.25, -0.2) is 9.08 Å². The van der Waals surface area contributed by atoms with Crippen LogP contribution in [0.25, 0.3) is 33.8 Å². The quantitative estimate of drug-likeness (QED) is 0.520. The molecule has 4 heterocycles. The predicted molar refractivity (Wildman–Crippen MR) is 103 cm³/mol. The molecule has 28 heavy (non-hydrogen) atoms. The molecule has 0 radical (unpaired) electrons. The van der Waals surface area contributed by atoms with Gasteiger partial charge in [0, 0.05) is 6.20 Å². The standard InChI is InChI=1S/C19H16N8O/c1-3-13-15(12-7-5-4-6-8-12)17-23-22-16-14(27(17)25-13)9-10-26(18(16)28)19-20-11(2)21-24-19/h4-10H,3H2,1-2H3,(H,20,21,24). The number of hydrogen-bond donors (Lipinski definition) is 1. The molecule has 0 amide bonds. The van der Waals surface area contributed by atoms with Crippen molar-refractivity contribution in [3.05, 3.63) is 64.5 Å². The van der Waals surface area contributed by atoms with Gasteiger partial charge in [-0.2, -0.15) is 10.1 Å². The molecule has 0 aliphatic carbocycles. The van der Waals surface area contributed by atoms with E-state index >= 15 is 0 Å². The Hall–Kier alpha value is -3.88. The third-order valence-corrected chi connectivity index (χ3v) is 4.65. The summed E-state index contributed by atoms with van der Waals surface area (Å²) < 4.78 is 3.03. The van der Waals surface area contributed by atoms with Gasteiger partial charge in [-0.1, -0.05) is 37.3 Å². The van der Waals surface area contributed by atoms with Crippen molar-refractivity contribution < 1.29 is 0 Å². The molecule has 1 N–H and O–H groups in total. The number of benzene rings is 1. The maximum absolute atomic E-state index is 12.9. The van der Waals surface area contributed by atoms with Crippen molar-refractivity contribution in [2.24, 2.45) is 0 Å². The summed E-state index contributed by atoms with van der Waals surface area (Å²) >= 11 is 0. The van der Waals surface area contributed by atoms with E-state index in [1.165, 1.54) is 4.57 Å². The van der Waals surface area contributed by atoms with E-state index in [4.69, 9.17) is 5.10 Å². The maximum Gasteiger partial charge on any atom is 0.287 e. The van der Waals surface area contributed by atoms with Crippen LogP contribution in [0.4, 0.5) is 0 Å². The summed E-state index contributed by atoms with van der Waals surface area (Å²) in [6, 6.07) is 11.7. The lowest BCUT2D eigenvalue weighted by Crippen LogP contribution is -2.21. The molecule has 0 aliphatic rings. The minimum Gasteiger partial charge on any atom is -0.266 e. The van der Waals surface area contributed by atoms with Crippen LogP contribution in [0.5, 0.6) is 0 Å². The van der Waals surface area contributed by atoms with Gasteiger partial charge in [0.1, 0.15) is 11.3 Å². The Morgan fingerprint density at radius 2 is 1.93 bits per heavy atom. The first-order chi connectivity index (χ1) is 13.7. The molecule has 0 aliphatic heterocycles. The zero-order valence-corrected chi connectivity index (χ0v) is 15.3. The SMILES string of the molecule is CCc1nn2c(nnc3c(=O)n(-c4n[nH]c(C)n4)ccc32)c1-c1ccccc1. The lowest BCUT2D eigenvalue weighted by molar-refractivity contribution is 0.867. The predicted octanol–water partition coefficient (Wildman–Crippen LogP) is 2.08. The van der Waals surface area contributed by atoms with Crippen molar-refractivity contribution in [1.82, 2.24) is 39.6 Å². The molecule has 0 unspecified atom stereocenters. The first kappa shape index (κ1) is 16.3. The van der Waals surface area contributed by atoms with Crippen LogP contribution in [0, 0.1) is 6.92 Å². The fourth-order valence-corrected chi connectivity index (χ4v) is 3.34. The van der Waals surface area contributed by atoms with Gasteiger partial charge < -0.3 is 0 Å². The number of H-pyrrole nitrogens is 1. The molecule has 0 saturated carbocycles. The number of nitrogens with zero attached hydrogens (tertiary/aromatic N) is 7. The van der Waals surface area contributed by atoms with Gasteiger partial charge >= 0.3 is 0 Å². The summed E-state index contributed by atoms with van der Waals surface area (Å²) in [7, 11) is 0. The van der Waals surface area contributed by atoms with E-state index in [9.17, 15) is 4.79 Å². The molecular weight excluding hydrogens is 356 g/mol. The Kier molecular flexibility index (Phi) is 3.54. The van der Waals surface area contributed by atoms with Crippen LogP contribution in [0.1, 0.15) is 18.4 Å². The van der Waals surface area contributed by atoms with E-state index < -0.39 is 0 Å². The van der Waals surface area contributed by atoms with Gasteiger partial charge in [-0.15, -0.1) is 15.3 Å². The Morgan fingerprint density at radius 1 is 1.11 bits per heavy atom. The second-order valence-corrected chi connectivity index (χ2v) is 6.42. The third kappa shape index (κ3) is 2.33. The molecule has 9 nitrogen and oxygen atoms in total. The summed E-state index contributed by atoms with van der Waals surface area (Å²) in [4.78, 5) is 17.1. The Labute approximate surface area is 158 Å². The molecule has 5 rings (SSSR count). The van der Waals surface area contributed by atoms with Gasteiger partial charge in [0.05, 0.1) is 11.3 Å². The van der Waals surface area contributed by atoms with Crippen molar-refractivity contribution in [2.45, 2.75) is 20.3 Å². The van der Waals surface area contributed by atoms with E-state index in [0.29, 0.717) is 17.0 Å². The normalized spacial score (nSPS) is 11.5. The average Bonchev–Trinajstić information content (AvgIpc) is 3.32. The molecule has 0 fully saturated rings. The van der Waals surface area contributed by atoms with Gasteiger partial charge in [0.2, 0.25) is 0 Å². The lowest BCUT2D eigenvalue weighted by atomic mass is 10.0. The second kappa shape index (κ2) is 6.08. The Morgan fingerprint density at radius 3 is 2.64 bits per heavy atom. The van der Waals surface area contributed by atoms with Crippen molar-refractivity contribution in [3.8, 4) is 17.1 Å². The van der Waals surface area contributed by atoms with Crippen molar-refractivity contribution in [1.29, 1.82) is 0 Å². The highest BCUT2D eigenvalue weighted by atomic mass is 16.1. The number of aromatic amines is 1. The molecule has 9 heteroatoms. The summed E-state index contributed by atoms with van der Waals surface area (Å²) in [5.74, 6) is 0.890. The molecule has 0 bridgehead atoms. The minimum absolute atomic E-state index is 0.210. The van der Waals surface area contributed by atoms with Crippen LogP contribution >= 0.6 is 0 Å². The number of hydrogen-bond acceptors (Lipinski definition) is 6. The molecule has 1 aromatic carbocycles. The fraction of sp³-hybridized carbons (Fsp3) is 0.158. The number of rotatable bonds is 3. The second-order valence-electron chi connectivity index (χ2n) is 6.42. The lowest BCUT2D eigenvalue weighted by Gasteiger charge is -2.04. The topological polar surface area (TPSA) is 107 Å². The highest BCUT2D eigenvalue weighted by molar-refractivity contribution is 5.84. The first-order valence-corrected chi connectivity index (χ1v) is 8.92. The van der Waals surface area contributed by atoms with Crippen LogP contribution in [0.2, 0.25) is 0 Å². The van der Waals surface area contributed by atoms with Crippen molar-refractivity contribution >= 4 is 16.7 Å². The largest absolute Gasteiger partial charge is 0.287 e. The number of fused-ring (bicyclic) bond motifs is 3. The van der Waals surface area contributed by atoms with Crippen LogP contribution in [0.3, 0.4) is 0 Å². The Bertz CT molecular complexity index is 1380. The molecule has 0 atom stereocenters. The van der Waals surface area contributed by atoms with Gasteiger partial charge in [-0.3, -0.25) is 9.89 Å². The van der Waals surface area contributed by atoms with E-state index in [1.807, 2.05) is 37.3 Å². The maximum atomic E-state index is 12.9. The van der Waals surface area contributed by atoms with E-state index in [1.54, 1.807) is 23.7 Å². The van der Waals surface area contributed by atoms with Crippen LogP contribution in [-0.4, -0.2) is 39.6 Å². The number of aryl methyl sites for hydroxylation is 2. The van der Waals surface area contributed by atoms with Gasteiger partial charge in [0.25, 0.3) is 11.5 Å². The van der Waals surface area contributed by atoms with Gasteiger partial charge in [-0.05, 0) is 25.0 Å². The van der Waals surface area contributed by atoms with Gasteiger partial charge in [0.15, 0.2) is 11.2 Å². The van der Waals surface area contributed by atoms with Crippen molar-refractivity contribution in [3.63, 3.8) is 0 Å². The fourth-order valence-electron chi connectivity index (χ4n) is 3.34. The molecular formula is C19H16N8O. The first-order valence-electron chi connectivity index (χ1n) is 8.92. The molecule has 0 saturated heterocycles. The highest BCUT2D eigenvalue weighted by Crippen LogP contribution is 2.28. The van der Waals surface area contributed by atoms with Crippen LogP contribution in [0.15, 0.2) is 47.4 Å². The molecule has 4 aromatic heterocycles. The Balaban J connectivity index is 1.81. The summed E-state index contributed by atoms with van der Waals surface area (Å²) in [5, 5.41) is 20.1. The summed E-state index contributed by atoms with van der Waals surface area (Å²) in [6.45, 7) is 3.81. The zero-order chi connectivity index (χ0) is 19.3. The van der Waals surface area contributed by atoms with Crippen LogP contribution in [-0.2, 0) is 6.42 Å². The van der Waals surface area contributed by atoms with Crippen molar-refractivity contribution in [2.75, 3.05) is 0 Å².